The second-order valence-electron chi connectivity index (χ2n) is 3.14. The van der Waals surface area contributed by atoms with Gasteiger partial charge in [-0.05, 0) is 12.5 Å². The molecule has 0 aliphatic carbocycles. The zero-order valence-electron chi connectivity index (χ0n) is 8.12. The van der Waals surface area contributed by atoms with Gasteiger partial charge in [-0.25, -0.2) is 0 Å². The minimum atomic E-state index is -0.119. The van der Waals surface area contributed by atoms with Gasteiger partial charge in [-0.3, -0.25) is 9.59 Å². The third-order valence-corrected chi connectivity index (χ3v) is 1.74. The zero-order valence-corrected chi connectivity index (χ0v) is 8.12. The Balaban J connectivity index is 2.38. The first-order valence-corrected chi connectivity index (χ1v) is 4.48. The van der Waals surface area contributed by atoms with Crippen LogP contribution in [0, 0.1) is 0 Å². The lowest BCUT2D eigenvalue weighted by Gasteiger charge is -2.02. The fourth-order valence-electron chi connectivity index (χ4n) is 1.07. The third-order valence-electron chi connectivity index (χ3n) is 1.74. The Kier molecular flexibility index (Phi) is 3.85. The molecule has 1 aromatic rings. The Labute approximate surface area is 83.1 Å². The summed E-state index contributed by atoms with van der Waals surface area (Å²) in [5, 5.41) is 2.54. The Hall–Kier alpha value is -1.64. The van der Waals surface area contributed by atoms with Crippen molar-refractivity contribution in [1.82, 2.24) is 5.32 Å². The predicted molar refractivity (Wildman–Crippen MR) is 53.8 cm³/mol. The molecule has 0 aliphatic heterocycles. The van der Waals surface area contributed by atoms with E-state index in [4.69, 9.17) is 0 Å². The summed E-state index contributed by atoms with van der Waals surface area (Å²) >= 11 is 0. The summed E-state index contributed by atoms with van der Waals surface area (Å²) in [6.07, 6.45) is 0.327. The quantitative estimate of drug-likeness (QED) is 0.769. The van der Waals surface area contributed by atoms with E-state index in [0.717, 1.165) is 5.56 Å². The standard InChI is InChI=1S/C11H13NO2/c1-9(13)8-12-11(14)7-10-5-3-2-4-6-10/h2-6H,7-8H2,1H3,(H,12,14). The minimum absolute atomic E-state index is 0.0357. The van der Waals surface area contributed by atoms with Gasteiger partial charge in [-0.1, -0.05) is 30.3 Å². The molecule has 0 atom stereocenters. The first-order valence-electron chi connectivity index (χ1n) is 4.48. The first kappa shape index (κ1) is 10.4. The van der Waals surface area contributed by atoms with Crippen LogP contribution in [-0.4, -0.2) is 18.2 Å². The Morgan fingerprint density at radius 1 is 1.21 bits per heavy atom. The molecule has 0 fully saturated rings. The Morgan fingerprint density at radius 2 is 1.86 bits per heavy atom. The van der Waals surface area contributed by atoms with Crippen molar-refractivity contribution in [3.8, 4) is 0 Å². The normalized spacial score (nSPS) is 9.50. The van der Waals surface area contributed by atoms with Crippen LogP contribution < -0.4 is 5.32 Å². The van der Waals surface area contributed by atoms with Gasteiger partial charge in [0.05, 0.1) is 13.0 Å². The number of nitrogens with one attached hydrogen (secondary N) is 1. The van der Waals surface area contributed by atoms with E-state index < -0.39 is 0 Å². The van der Waals surface area contributed by atoms with E-state index in [-0.39, 0.29) is 18.2 Å². The second kappa shape index (κ2) is 5.17. The smallest absolute Gasteiger partial charge is 0.224 e. The van der Waals surface area contributed by atoms with E-state index in [0.29, 0.717) is 6.42 Å². The zero-order chi connectivity index (χ0) is 10.4. The molecule has 0 aromatic heterocycles. The van der Waals surface area contributed by atoms with Crippen LogP contribution in [0.2, 0.25) is 0 Å². The number of benzene rings is 1. The van der Waals surface area contributed by atoms with Crippen LogP contribution in [-0.2, 0) is 16.0 Å². The van der Waals surface area contributed by atoms with E-state index in [1.54, 1.807) is 0 Å². The number of carbonyl (C=O) groups is 2. The molecule has 0 unspecified atom stereocenters. The van der Waals surface area contributed by atoms with Crippen LogP contribution in [0.3, 0.4) is 0 Å². The van der Waals surface area contributed by atoms with Crippen molar-refractivity contribution in [2.45, 2.75) is 13.3 Å². The summed E-state index contributed by atoms with van der Waals surface area (Å²) in [6, 6.07) is 9.43. The molecule has 1 aromatic carbocycles. The van der Waals surface area contributed by atoms with Gasteiger partial charge in [0.15, 0.2) is 0 Å². The molecule has 14 heavy (non-hydrogen) atoms. The molecular formula is C11H13NO2. The van der Waals surface area contributed by atoms with Gasteiger partial charge in [0.2, 0.25) is 5.91 Å². The lowest BCUT2D eigenvalue weighted by atomic mass is 10.1. The van der Waals surface area contributed by atoms with Gasteiger partial charge >= 0.3 is 0 Å². The summed E-state index contributed by atoms with van der Waals surface area (Å²) in [7, 11) is 0. The molecule has 1 amide bonds. The lowest BCUT2D eigenvalue weighted by Crippen LogP contribution is -2.29. The molecule has 74 valence electrons. The van der Waals surface area contributed by atoms with Gasteiger partial charge < -0.3 is 5.32 Å². The predicted octanol–water partition coefficient (Wildman–Crippen LogP) is 0.934. The number of hydrogen-bond donors (Lipinski definition) is 1. The van der Waals surface area contributed by atoms with E-state index in [1.165, 1.54) is 6.92 Å². The SMILES string of the molecule is CC(=O)CNC(=O)Cc1ccccc1. The average Bonchev–Trinajstić information content (AvgIpc) is 2.16. The number of carbonyl (C=O) groups excluding carboxylic acids is 2. The van der Waals surface area contributed by atoms with E-state index >= 15 is 0 Å². The van der Waals surface area contributed by atoms with E-state index in [1.807, 2.05) is 30.3 Å². The van der Waals surface area contributed by atoms with Crippen molar-refractivity contribution in [1.29, 1.82) is 0 Å². The summed E-state index contributed by atoms with van der Waals surface area (Å²) in [6.45, 7) is 1.56. The van der Waals surface area contributed by atoms with Gasteiger partial charge in [-0.15, -0.1) is 0 Å². The largest absolute Gasteiger partial charge is 0.349 e. The van der Waals surface area contributed by atoms with Crippen LogP contribution in [0.25, 0.3) is 0 Å². The molecule has 0 aliphatic rings. The molecule has 0 heterocycles. The Bertz CT molecular complexity index is 319. The van der Waals surface area contributed by atoms with E-state index in [2.05, 4.69) is 5.32 Å². The van der Waals surface area contributed by atoms with Crippen molar-refractivity contribution >= 4 is 11.7 Å². The molecule has 0 radical (unpaired) electrons. The Morgan fingerprint density at radius 3 is 2.43 bits per heavy atom. The number of rotatable bonds is 4. The van der Waals surface area contributed by atoms with Crippen molar-refractivity contribution in [2.24, 2.45) is 0 Å². The molecule has 3 heteroatoms. The molecule has 0 spiro atoms. The minimum Gasteiger partial charge on any atom is -0.349 e. The molecule has 0 bridgehead atoms. The number of ketones is 1. The highest BCUT2D eigenvalue weighted by Crippen LogP contribution is 1.98. The van der Waals surface area contributed by atoms with Crippen LogP contribution in [0.15, 0.2) is 30.3 Å². The van der Waals surface area contributed by atoms with Gasteiger partial charge in [0.25, 0.3) is 0 Å². The van der Waals surface area contributed by atoms with Gasteiger partial charge in [0.1, 0.15) is 5.78 Å². The summed E-state index contributed by atoms with van der Waals surface area (Å²) < 4.78 is 0. The number of Topliss-reactive ketones (excluding diaryl/α,β-unsaturated/α-hetero) is 1. The van der Waals surface area contributed by atoms with Gasteiger partial charge in [-0.2, -0.15) is 0 Å². The second-order valence-corrected chi connectivity index (χ2v) is 3.14. The van der Waals surface area contributed by atoms with Crippen molar-refractivity contribution in [2.75, 3.05) is 6.54 Å². The highest BCUT2D eigenvalue weighted by Gasteiger charge is 2.02. The van der Waals surface area contributed by atoms with Crippen molar-refractivity contribution in [3.05, 3.63) is 35.9 Å². The monoisotopic (exact) mass is 191 g/mol. The lowest BCUT2D eigenvalue weighted by molar-refractivity contribution is -0.124. The molecule has 0 saturated heterocycles. The first-order chi connectivity index (χ1) is 6.68. The number of amides is 1. The maximum Gasteiger partial charge on any atom is 0.224 e. The number of hydrogen-bond acceptors (Lipinski definition) is 2. The molecule has 1 N–H and O–H groups in total. The average molecular weight is 191 g/mol. The fraction of sp³-hybridized carbons (Fsp3) is 0.273. The summed E-state index contributed by atoms with van der Waals surface area (Å²) in [4.78, 5) is 21.8. The van der Waals surface area contributed by atoms with Crippen LogP contribution in [0.5, 0.6) is 0 Å². The molecule has 1 rings (SSSR count). The fourth-order valence-corrected chi connectivity index (χ4v) is 1.07. The van der Waals surface area contributed by atoms with Crippen molar-refractivity contribution in [3.63, 3.8) is 0 Å². The van der Waals surface area contributed by atoms with Crippen LogP contribution in [0.4, 0.5) is 0 Å². The van der Waals surface area contributed by atoms with Crippen LogP contribution >= 0.6 is 0 Å². The molecule has 0 saturated carbocycles. The molecule has 3 nitrogen and oxygen atoms in total. The third kappa shape index (κ3) is 3.85. The topological polar surface area (TPSA) is 46.2 Å². The van der Waals surface area contributed by atoms with Crippen molar-refractivity contribution < 1.29 is 9.59 Å². The summed E-state index contributed by atoms with van der Waals surface area (Å²) in [5.41, 5.74) is 0.952. The maximum absolute atomic E-state index is 11.3. The highest BCUT2D eigenvalue weighted by atomic mass is 16.2. The van der Waals surface area contributed by atoms with E-state index in [9.17, 15) is 9.59 Å². The van der Waals surface area contributed by atoms with Crippen LogP contribution in [0.1, 0.15) is 12.5 Å². The summed E-state index contributed by atoms with van der Waals surface area (Å²) in [5.74, 6) is -0.155. The van der Waals surface area contributed by atoms with Gasteiger partial charge in [0, 0.05) is 0 Å². The highest BCUT2D eigenvalue weighted by molar-refractivity contribution is 5.85. The maximum atomic E-state index is 11.3. The molecular weight excluding hydrogens is 178 g/mol.